The van der Waals surface area contributed by atoms with Crippen molar-refractivity contribution in [1.29, 1.82) is 5.26 Å². The van der Waals surface area contributed by atoms with Crippen molar-refractivity contribution in [3.05, 3.63) is 29.3 Å². The van der Waals surface area contributed by atoms with Gasteiger partial charge in [-0.05, 0) is 24.1 Å². The molecule has 0 amide bonds. The lowest BCUT2D eigenvalue weighted by molar-refractivity contribution is -0.140. The molecule has 0 bridgehead atoms. The first-order valence-corrected chi connectivity index (χ1v) is 4.46. The van der Waals surface area contributed by atoms with Crippen LogP contribution in [0, 0.1) is 11.3 Å². The van der Waals surface area contributed by atoms with E-state index >= 15 is 0 Å². The summed E-state index contributed by atoms with van der Waals surface area (Å²) in [6.45, 7) is 0. The van der Waals surface area contributed by atoms with Crippen molar-refractivity contribution in [1.82, 2.24) is 0 Å². The van der Waals surface area contributed by atoms with Crippen molar-refractivity contribution < 1.29 is 14.6 Å². The van der Waals surface area contributed by atoms with E-state index in [1.165, 1.54) is 19.2 Å². The summed E-state index contributed by atoms with van der Waals surface area (Å²) >= 11 is 0. The molecule has 0 heterocycles. The molecule has 0 radical (unpaired) electrons. The van der Waals surface area contributed by atoms with E-state index in [-0.39, 0.29) is 18.1 Å². The summed E-state index contributed by atoms with van der Waals surface area (Å²) in [6, 6.07) is 6.48. The van der Waals surface area contributed by atoms with Gasteiger partial charge in [0.2, 0.25) is 0 Å². The van der Waals surface area contributed by atoms with Gasteiger partial charge in [-0.15, -0.1) is 0 Å². The fourth-order valence-corrected chi connectivity index (χ4v) is 1.23. The predicted molar refractivity (Wildman–Crippen MR) is 53.2 cm³/mol. The zero-order valence-electron chi connectivity index (χ0n) is 8.36. The smallest absolute Gasteiger partial charge is 0.305 e. The number of hydrogen-bond acceptors (Lipinski definition) is 4. The molecule has 0 fully saturated rings. The normalized spacial score (nSPS) is 9.33. The Morgan fingerprint density at radius 2 is 2.33 bits per heavy atom. The van der Waals surface area contributed by atoms with Crippen LogP contribution in [-0.4, -0.2) is 18.2 Å². The Hall–Kier alpha value is -2.02. The minimum Gasteiger partial charge on any atom is -0.508 e. The average Bonchev–Trinajstić information content (AvgIpc) is 2.26. The van der Waals surface area contributed by atoms with E-state index < -0.39 is 0 Å². The Kier molecular flexibility index (Phi) is 3.69. The molecule has 0 aliphatic carbocycles. The molecular weight excluding hydrogens is 194 g/mol. The van der Waals surface area contributed by atoms with Gasteiger partial charge in [-0.2, -0.15) is 5.26 Å². The number of aryl methyl sites for hydroxylation is 1. The predicted octanol–water partition coefficient (Wildman–Crippen LogP) is 1.37. The van der Waals surface area contributed by atoms with Crippen LogP contribution in [0.4, 0.5) is 0 Å². The average molecular weight is 205 g/mol. The number of hydrogen-bond donors (Lipinski definition) is 1. The Morgan fingerprint density at radius 3 is 2.93 bits per heavy atom. The van der Waals surface area contributed by atoms with Crippen LogP contribution < -0.4 is 0 Å². The number of nitrogens with zero attached hydrogens (tertiary/aromatic N) is 1. The summed E-state index contributed by atoms with van der Waals surface area (Å²) < 4.78 is 4.50. The number of phenolic OH excluding ortho intramolecular Hbond substituents is 1. The Labute approximate surface area is 87.7 Å². The minimum atomic E-state index is -0.313. The lowest BCUT2D eigenvalue weighted by Gasteiger charge is -2.03. The summed E-state index contributed by atoms with van der Waals surface area (Å²) in [5.41, 5.74) is 1.12. The minimum absolute atomic E-state index is 0.0494. The zero-order valence-corrected chi connectivity index (χ0v) is 8.36. The molecule has 0 aliphatic rings. The van der Waals surface area contributed by atoms with Crippen LogP contribution in [0.25, 0.3) is 0 Å². The van der Waals surface area contributed by atoms with Gasteiger partial charge in [0.15, 0.2) is 0 Å². The summed E-state index contributed by atoms with van der Waals surface area (Å²) in [5.74, 6) is -0.264. The van der Waals surface area contributed by atoms with E-state index in [2.05, 4.69) is 4.74 Å². The van der Waals surface area contributed by atoms with Crippen molar-refractivity contribution >= 4 is 5.97 Å². The Balaban J connectivity index is 2.77. The second-order valence-corrected chi connectivity index (χ2v) is 3.03. The van der Waals surface area contributed by atoms with E-state index in [0.717, 1.165) is 5.56 Å². The number of rotatable bonds is 3. The number of esters is 1. The van der Waals surface area contributed by atoms with E-state index in [1.807, 2.05) is 6.07 Å². The van der Waals surface area contributed by atoms with Gasteiger partial charge in [0, 0.05) is 6.42 Å². The van der Waals surface area contributed by atoms with Crippen LogP contribution in [0.2, 0.25) is 0 Å². The lowest BCUT2D eigenvalue weighted by Crippen LogP contribution is -2.02. The molecule has 0 atom stereocenters. The fraction of sp³-hybridized carbons (Fsp3) is 0.273. The maximum Gasteiger partial charge on any atom is 0.305 e. The van der Waals surface area contributed by atoms with Gasteiger partial charge in [0.1, 0.15) is 5.75 Å². The first-order valence-electron chi connectivity index (χ1n) is 4.46. The summed E-state index contributed by atoms with van der Waals surface area (Å²) in [4.78, 5) is 10.9. The van der Waals surface area contributed by atoms with Crippen LogP contribution in [0.1, 0.15) is 17.5 Å². The highest BCUT2D eigenvalue weighted by Gasteiger charge is 2.06. The zero-order chi connectivity index (χ0) is 11.3. The van der Waals surface area contributed by atoms with Crippen molar-refractivity contribution in [3.63, 3.8) is 0 Å². The second kappa shape index (κ2) is 5.01. The van der Waals surface area contributed by atoms with E-state index in [0.29, 0.717) is 12.0 Å². The molecule has 0 saturated heterocycles. The maximum atomic E-state index is 10.9. The monoisotopic (exact) mass is 205 g/mol. The van der Waals surface area contributed by atoms with Crippen LogP contribution in [0.3, 0.4) is 0 Å². The number of carbonyl (C=O) groups is 1. The van der Waals surface area contributed by atoms with Crippen LogP contribution in [-0.2, 0) is 16.0 Å². The van der Waals surface area contributed by atoms with Gasteiger partial charge in [-0.1, -0.05) is 6.07 Å². The Morgan fingerprint density at radius 1 is 1.60 bits per heavy atom. The van der Waals surface area contributed by atoms with Crippen LogP contribution in [0.15, 0.2) is 18.2 Å². The number of ether oxygens (including phenoxy) is 1. The third-order valence-electron chi connectivity index (χ3n) is 2.04. The van der Waals surface area contributed by atoms with Gasteiger partial charge in [0.25, 0.3) is 0 Å². The van der Waals surface area contributed by atoms with Crippen molar-refractivity contribution in [2.75, 3.05) is 7.11 Å². The topological polar surface area (TPSA) is 70.3 Å². The standard InChI is InChI=1S/C11H11NO3/c1-15-11(14)5-3-8-2-4-10(13)6-9(8)7-12/h2,4,6,13H,3,5H2,1H3. The van der Waals surface area contributed by atoms with Gasteiger partial charge in [-0.3, -0.25) is 4.79 Å². The van der Waals surface area contributed by atoms with Crippen molar-refractivity contribution in [3.8, 4) is 11.8 Å². The first kappa shape index (κ1) is 11.1. The molecule has 0 aliphatic heterocycles. The molecule has 78 valence electrons. The number of benzene rings is 1. The third-order valence-corrected chi connectivity index (χ3v) is 2.04. The number of carbonyl (C=O) groups excluding carboxylic acids is 1. The highest BCUT2D eigenvalue weighted by Crippen LogP contribution is 2.17. The Bertz CT molecular complexity index is 407. The van der Waals surface area contributed by atoms with E-state index in [9.17, 15) is 4.79 Å². The fourth-order valence-electron chi connectivity index (χ4n) is 1.23. The molecule has 1 aromatic carbocycles. The maximum absolute atomic E-state index is 10.9. The molecule has 0 unspecified atom stereocenters. The molecule has 0 saturated carbocycles. The van der Waals surface area contributed by atoms with Gasteiger partial charge < -0.3 is 9.84 Å². The summed E-state index contributed by atoms with van der Waals surface area (Å²) in [5, 5.41) is 17.9. The molecule has 0 spiro atoms. The quantitative estimate of drug-likeness (QED) is 0.756. The number of aromatic hydroxyl groups is 1. The van der Waals surface area contributed by atoms with Gasteiger partial charge >= 0.3 is 5.97 Å². The lowest BCUT2D eigenvalue weighted by atomic mass is 10.0. The number of nitriles is 1. The van der Waals surface area contributed by atoms with Gasteiger partial charge in [-0.25, -0.2) is 0 Å². The molecular formula is C11H11NO3. The molecule has 4 nitrogen and oxygen atoms in total. The molecule has 15 heavy (non-hydrogen) atoms. The SMILES string of the molecule is COC(=O)CCc1ccc(O)cc1C#N. The van der Waals surface area contributed by atoms with Crippen LogP contribution in [0.5, 0.6) is 5.75 Å². The second-order valence-electron chi connectivity index (χ2n) is 3.03. The first-order chi connectivity index (χ1) is 7.17. The summed E-state index contributed by atoms with van der Waals surface area (Å²) in [6.07, 6.45) is 0.672. The molecule has 1 rings (SSSR count). The molecule has 1 aromatic rings. The highest BCUT2D eigenvalue weighted by atomic mass is 16.5. The number of phenols is 1. The largest absolute Gasteiger partial charge is 0.508 e. The molecule has 0 aromatic heterocycles. The third kappa shape index (κ3) is 2.99. The summed E-state index contributed by atoms with van der Waals surface area (Å²) in [7, 11) is 1.32. The van der Waals surface area contributed by atoms with E-state index in [1.54, 1.807) is 6.07 Å². The van der Waals surface area contributed by atoms with E-state index in [4.69, 9.17) is 10.4 Å². The van der Waals surface area contributed by atoms with Crippen molar-refractivity contribution in [2.24, 2.45) is 0 Å². The van der Waals surface area contributed by atoms with Crippen molar-refractivity contribution in [2.45, 2.75) is 12.8 Å². The number of methoxy groups -OCH3 is 1. The van der Waals surface area contributed by atoms with Gasteiger partial charge in [0.05, 0.1) is 18.7 Å². The highest BCUT2D eigenvalue weighted by molar-refractivity contribution is 5.69. The molecule has 1 N–H and O–H groups in total. The molecule has 4 heteroatoms. The van der Waals surface area contributed by atoms with Crippen LogP contribution >= 0.6 is 0 Å².